The van der Waals surface area contributed by atoms with Gasteiger partial charge in [-0.15, -0.1) is 6.58 Å². The highest BCUT2D eigenvalue weighted by Gasteiger charge is 2.08. The molecular formula is C6H11NS. The number of nitrogens with zero attached hydrogens (tertiary/aromatic N) is 1. The summed E-state index contributed by atoms with van der Waals surface area (Å²) < 4.78 is 2.34. The molecule has 0 bridgehead atoms. The Kier molecular flexibility index (Phi) is 2.43. The van der Waals surface area contributed by atoms with Gasteiger partial charge in [-0.3, -0.25) is 0 Å². The van der Waals surface area contributed by atoms with Crippen molar-refractivity contribution in [1.29, 1.82) is 0 Å². The lowest BCUT2D eigenvalue weighted by atomic mass is 10.5. The maximum Gasteiger partial charge on any atom is 0.0267 e. The van der Waals surface area contributed by atoms with E-state index in [1.54, 1.807) is 0 Å². The van der Waals surface area contributed by atoms with E-state index in [1.165, 1.54) is 18.7 Å². The molecule has 1 aliphatic heterocycles. The molecular weight excluding hydrogens is 118 g/mol. The van der Waals surface area contributed by atoms with Gasteiger partial charge in [-0.25, -0.2) is 4.31 Å². The molecule has 0 amide bonds. The lowest BCUT2D eigenvalue weighted by Gasteiger charge is -2.07. The van der Waals surface area contributed by atoms with Crippen LogP contribution in [0.25, 0.3) is 0 Å². The Morgan fingerprint density at radius 1 is 1.75 bits per heavy atom. The van der Waals surface area contributed by atoms with Crippen molar-refractivity contribution in [2.75, 3.05) is 18.8 Å². The predicted octanol–water partition coefficient (Wildman–Crippen LogP) is 1.53. The zero-order valence-electron chi connectivity index (χ0n) is 4.97. The minimum absolute atomic E-state index is 1.05. The quantitative estimate of drug-likeness (QED) is 0.411. The van der Waals surface area contributed by atoms with Crippen molar-refractivity contribution in [1.82, 2.24) is 4.31 Å². The molecule has 0 atom stereocenters. The SMILES string of the molecule is C=CCN1CCCS1. The van der Waals surface area contributed by atoms with Gasteiger partial charge in [0, 0.05) is 18.8 Å². The Morgan fingerprint density at radius 2 is 2.62 bits per heavy atom. The van der Waals surface area contributed by atoms with Crippen LogP contribution < -0.4 is 0 Å². The first-order valence-corrected chi connectivity index (χ1v) is 3.86. The highest BCUT2D eigenvalue weighted by Crippen LogP contribution is 2.18. The summed E-state index contributed by atoms with van der Waals surface area (Å²) in [6, 6.07) is 0. The Hall–Kier alpha value is 0.0500. The van der Waals surface area contributed by atoms with E-state index in [0.29, 0.717) is 0 Å². The summed E-state index contributed by atoms with van der Waals surface area (Å²) >= 11 is 1.93. The molecule has 0 radical (unpaired) electrons. The molecule has 1 aliphatic rings. The first kappa shape index (κ1) is 6.17. The van der Waals surface area contributed by atoms with Crippen LogP contribution in [0.3, 0.4) is 0 Å². The van der Waals surface area contributed by atoms with E-state index >= 15 is 0 Å². The van der Waals surface area contributed by atoms with Crippen LogP contribution in [-0.2, 0) is 0 Å². The molecule has 0 N–H and O–H groups in total. The highest BCUT2D eigenvalue weighted by atomic mass is 32.2. The Morgan fingerprint density at radius 3 is 3.12 bits per heavy atom. The average Bonchev–Trinajstić information content (AvgIpc) is 2.19. The van der Waals surface area contributed by atoms with Crippen LogP contribution in [-0.4, -0.2) is 23.1 Å². The maximum absolute atomic E-state index is 3.67. The minimum Gasteiger partial charge on any atom is -0.247 e. The molecule has 46 valence electrons. The summed E-state index contributed by atoms with van der Waals surface area (Å²) in [5.74, 6) is 1.30. The van der Waals surface area contributed by atoms with Crippen LogP contribution in [0.15, 0.2) is 12.7 Å². The minimum atomic E-state index is 1.05. The lowest BCUT2D eigenvalue weighted by Crippen LogP contribution is -2.09. The van der Waals surface area contributed by atoms with Crippen LogP contribution in [0.4, 0.5) is 0 Å². The molecule has 8 heavy (non-hydrogen) atoms. The van der Waals surface area contributed by atoms with Gasteiger partial charge in [-0.05, 0) is 6.42 Å². The molecule has 1 rings (SSSR count). The van der Waals surface area contributed by atoms with Crippen LogP contribution in [0.1, 0.15) is 6.42 Å². The first-order valence-electron chi connectivity index (χ1n) is 2.92. The fourth-order valence-electron chi connectivity index (χ4n) is 0.787. The molecule has 1 heterocycles. The van der Waals surface area contributed by atoms with E-state index in [1.807, 2.05) is 18.0 Å². The molecule has 1 fully saturated rings. The van der Waals surface area contributed by atoms with Crippen molar-refractivity contribution in [3.05, 3.63) is 12.7 Å². The molecule has 0 unspecified atom stereocenters. The third kappa shape index (κ3) is 1.53. The second-order valence-electron chi connectivity index (χ2n) is 1.86. The van der Waals surface area contributed by atoms with Gasteiger partial charge in [0.1, 0.15) is 0 Å². The Balaban J connectivity index is 2.14. The van der Waals surface area contributed by atoms with E-state index < -0.39 is 0 Å². The molecule has 0 aliphatic carbocycles. The molecule has 0 spiro atoms. The standard InChI is InChI=1S/C6H11NS/c1-2-4-7-5-3-6-8-7/h2H,1,3-6H2. The van der Waals surface area contributed by atoms with Crippen molar-refractivity contribution in [3.8, 4) is 0 Å². The monoisotopic (exact) mass is 129 g/mol. The third-order valence-electron chi connectivity index (χ3n) is 1.16. The number of hydrogen-bond donors (Lipinski definition) is 0. The third-order valence-corrected chi connectivity index (χ3v) is 2.33. The molecule has 0 aromatic carbocycles. The predicted molar refractivity (Wildman–Crippen MR) is 38.8 cm³/mol. The van der Waals surface area contributed by atoms with Gasteiger partial charge >= 0.3 is 0 Å². The zero-order valence-corrected chi connectivity index (χ0v) is 5.78. The molecule has 1 nitrogen and oxygen atoms in total. The van der Waals surface area contributed by atoms with Gasteiger partial charge in [-0.2, -0.15) is 0 Å². The Bertz CT molecular complexity index is 76.6. The Labute approximate surface area is 54.9 Å². The largest absolute Gasteiger partial charge is 0.247 e. The van der Waals surface area contributed by atoms with E-state index in [-0.39, 0.29) is 0 Å². The summed E-state index contributed by atoms with van der Waals surface area (Å²) in [5.41, 5.74) is 0. The summed E-state index contributed by atoms with van der Waals surface area (Å²) in [6.07, 6.45) is 3.30. The number of rotatable bonds is 2. The maximum atomic E-state index is 3.67. The second-order valence-corrected chi connectivity index (χ2v) is 3.05. The second kappa shape index (κ2) is 3.15. The molecule has 1 saturated heterocycles. The van der Waals surface area contributed by atoms with Crippen molar-refractivity contribution >= 4 is 11.9 Å². The van der Waals surface area contributed by atoms with Crippen molar-refractivity contribution in [2.45, 2.75) is 6.42 Å². The molecule has 2 heteroatoms. The molecule has 0 saturated carbocycles. The lowest BCUT2D eigenvalue weighted by molar-refractivity contribution is 0.548. The van der Waals surface area contributed by atoms with Crippen molar-refractivity contribution < 1.29 is 0 Å². The van der Waals surface area contributed by atoms with Crippen LogP contribution >= 0.6 is 11.9 Å². The number of hydrogen-bond acceptors (Lipinski definition) is 2. The van der Waals surface area contributed by atoms with Gasteiger partial charge in [0.2, 0.25) is 0 Å². The highest BCUT2D eigenvalue weighted by molar-refractivity contribution is 7.97. The average molecular weight is 129 g/mol. The molecule has 0 aromatic heterocycles. The molecule has 0 aromatic rings. The van der Waals surface area contributed by atoms with E-state index in [9.17, 15) is 0 Å². The summed E-state index contributed by atoms with van der Waals surface area (Å²) in [5, 5.41) is 0. The van der Waals surface area contributed by atoms with Gasteiger partial charge in [0.05, 0.1) is 0 Å². The van der Waals surface area contributed by atoms with Gasteiger partial charge < -0.3 is 0 Å². The van der Waals surface area contributed by atoms with Crippen molar-refractivity contribution in [3.63, 3.8) is 0 Å². The van der Waals surface area contributed by atoms with E-state index in [0.717, 1.165) is 6.54 Å². The fourth-order valence-corrected chi connectivity index (χ4v) is 1.77. The smallest absolute Gasteiger partial charge is 0.0267 e. The summed E-state index contributed by atoms with van der Waals surface area (Å²) in [4.78, 5) is 0. The van der Waals surface area contributed by atoms with Gasteiger partial charge in [0.15, 0.2) is 0 Å². The normalized spacial score (nSPS) is 21.5. The van der Waals surface area contributed by atoms with E-state index in [4.69, 9.17) is 0 Å². The van der Waals surface area contributed by atoms with E-state index in [2.05, 4.69) is 10.9 Å². The summed E-state index contributed by atoms with van der Waals surface area (Å²) in [6.45, 7) is 5.96. The van der Waals surface area contributed by atoms with Crippen LogP contribution in [0.5, 0.6) is 0 Å². The summed E-state index contributed by atoms with van der Waals surface area (Å²) in [7, 11) is 0. The van der Waals surface area contributed by atoms with Crippen molar-refractivity contribution in [2.24, 2.45) is 0 Å². The zero-order chi connectivity index (χ0) is 5.82. The van der Waals surface area contributed by atoms with Gasteiger partial charge in [-0.1, -0.05) is 18.0 Å². The van der Waals surface area contributed by atoms with Crippen LogP contribution in [0.2, 0.25) is 0 Å². The topological polar surface area (TPSA) is 3.24 Å². The fraction of sp³-hybridized carbons (Fsp3) is 0.667. The van der Waals surface area contributed by atoms with Gasteiger partial charge in [0.25, 0.3) is 0 Å². The first-order chi connectivity index (χ1) is 3.93. The van der Waals surface area contributed by atoms with Crippen LogP contribution in [0, 0.1) is 0 Å².